The highest BCUT2D eigenvalue weighted by molar-refractivity contribution is 6.30. The van der Waals surface area contributed by atoms with Gasteiger partial charge in [-0.05, 0) is 61.9 Å². The van der Waals surface area contributed by atoms with Gasteiger partial charge in [-0.25, -0.2) is 9.59 Å². The van der Waals surface area contributed by atoms with Crippen LogP contribution in [0.3, 0.4) is 0 Å². The molecule has 2 heterocycles. The molecule has 2 aromatic heterocycles. The number of rotatable bonds is 7. The van der Waals surface area contributed by atoms with Crippen LogP contribution in [0, 0.1) is 6.92 Å². The van der Waals surface area contributed by atoms with Crippen molar-refractivity contribution in [1.29, 1.82) is 0 Å². The summed E-state index contributed by atoms with van der Waals surface area (Å²) in [5.41, 5.74) is 3.83. The van der Waals surface area contributed by atoms with Crippen LogP contribution in [0.1, 0.15) is 47.3 Å². The van der Waals surface area contributed by atoms with E-state index in [4.69, 9.17) is 20.4 Å². The smallest absolute Gasteiger partial charge is 0.339 e. The molecule has 5 rings (SSSR count). The van der Waals surface area contributed by atoms with Gasteiger partial charge in [-0.3, -0.25) is 4.79 Å². The van der Waals surface area contributed by atoms with Crippen LogP contribution in [-0.4, -0.2) is 23.0 Å². The zero-order chi connectivity index (χ0) is 25.4. The predicted molar refractivity (Wildman–Crippen MR) is 137 cm³/mol. The van der Waals surface area contributed by atoms with Gasteiger partial charge in [0.25, 0.3) is 0 Å². The second kappa shape index (κ2) is 9.82. The summed E-state index contributed by atoms with van der Waals surface area (Å²) < 4.78 is 11.6. The quantitative estimate of drug-likeness (QED) is 0.336. The lowest BCUT2D eigenvalue weighted by molar-refractivity contribution is -0.141. The summed E-state index contributed by atoms with van der Waals surface area (Å²) in [7, 11) is 0. The number of nitrogens with one attached hydrogen (secondary N) is 1. The molecular formula is C28H26ClNO6. The molecule has 2 aromatic carbocycles. The van der Waals surface area contributed by atoms with Gasteiger partial charge in [0.2, 0.25) is 5.91 Å². The maximum absolute atomic E-state index is 12.8. The van der Waals surface area contributed by atoms with Crippen LogP contribution in [0.2, 0.25) is 5.02 Å². The van der Waals surface area contributed by atoms with Gasteiger partial charge in [0, 0.05) is 52.3 Å². The van der Waals surface area contributed by atoms with Gasteiger partial charge < -0.3 is 19.3 Å². The lowest BCUT2D eigenvalue weighted by Crippen LogP contribution is -2.42. The van der Waals surface area contributed by atoms with Crippen molar-refractivity contribution in [2.75, 3.05) is 0 Å². The number of hydrogen-bond acceptors (Lipinski definition) is 5. The van der Waals surface area contributed by atoms with Crippen LogP contribution in [0.5, 0.6) is 0 Å². The Morgan fingerprint density at radius 2 is 1.78 bits per heavy atom. The number of halogens is 1. The lowest BCUT2D eigenvalue weighted by Gasteiger charge is -2.15. The molecule has 1 amide bonds. The number of carbonyl (C=O) groups excluding carboxylic acids is 1. The largest absolute Gasteiger partial charge is 0.480 e. The van der Waals surface area contributed by atoms with E-state index in [-0.39, 0.29) is 19.3 Å². The first-order chi connectivity index (χ1) is 17.3. The summed E-state index contributed by atoms with van der Waals surface area (Å²) in [5, 5.41) is 14.5. The topological polar surface area (TPSA) is 110 Å². The standard InChI is InChI=1S/C28H26ClNO6/c1-15-18(10-11-26(31)30-22(27(32)33)12-16-6-8-17(29)9-7-16)28(34)36-24-14-25-21(13-20(15)24)19-4-2-3-5-23(19)35-25/h6-9,13-14,22H,2-5,10-12H2,1H3,(H,30,31)(H,32,33)/t22-/m1/s1. The first-order valence-corrected chi connectivity index (χ1v) is 12.4. The molecule has 0 saturated carbocycles. The van der Waals surface area contributed by atoms with Crippen molar-refractivity contribution in [2.45, 2.75) is 57.9 Å². The maximum atomic E-state index is 12.8. The molecule has 0 saturated heterocycles. The number of benzene rings is 2. The number of carboxylic acids is 1. The predicted octanol–water partition coefficient (Wildman–Crippen LogP) is 5.12. The van der Waals surface area contributed by atoms with Crippen molar-refractivity contribution in [3.05, 3.63) is 79.9 Å². The van der Waals surface area contributed by atoms with Crippen molar-refractivity contribution in [2.24, 2.45) is 0 Å². The van der Waals surface area contributed by atoms with Gasteiger partial charge in [0.05, 0.1) is 0 Å². The molecule has 4 aromatic rings. The molecular weight excluding hydrogens is 482 g/mol. The third kappa shape index (κ3) is 4.75. The normalized spacial score (nSPS) is 14.1. The van der Waals surface area contributed by atoms with Crippen molar-refractivity contribution < 1.29 is 23.5 Å². The molecule has 2 N–H and O–H groups in total. The van der Waals surface area contributed by atoms with E-state index in [0.29, 0.717) is 16.2 Å². The van der Waals surface area contributed by atoms with Crippen molar-refractivity contribution >= 4 is 45.4 Å². The van der Waals surface area contributed by atoms with Crippen molar-refractivity contribution in [3.63, 3.8) is 0 Å². The number of hydrogen-bond donors (Lipinski definition) is 2. The lowest BCUT2D eigenvalue weighted by atomic mass is 9.94. The molecule has 0 unspecified atom stereocenters. The number of amides is 1. The molecule has 8 heteroatoms. The van der Waals surface area contributed by atoms with Gasteiger partial charge in [0.1, 0.15) is 23.0 Å². The number of fused-ring (bicyclic) bond motifs is 4. The van der Waals surface area contributed by atoms with E-state index in [0.717, 1.165) is 58.9 Å². The Hall–Kier alpha value is -3.58. The molecule has 0 fully saturated rings. The highest BCUT2D eigenvalue weighted by Crippen LogP contribution is 2.35. The van der Waals surface area contributed by atoms with E-state index in [9.17, 15) is 19.5 Å². The minimum atomic E-state index is -1.13. The molecule has 7 nitrogen and oxygen atoms in total. The molecule has 36 heavy (non-hydrogen) atoms. The fourth-order valence-electron chi connectivity index (χ4n) is 4.99. The van der Waals surface area contributed by atoms with Crippen LogP contribution in [0.15, 0.2) is 50.0 Å². The SMILES string of the molecule is Cc1c(CCC(=O)N[C@H](Cc2ccc(Cl)cc2)C(=O)O)c(=O)oc2cc3oc4c(c3cc12)CCCC4. The molecule has 1 aliphatic rings. The second-order valence-electron chi connectivity index (χ2n) is 9.34. The zero-order valence-electron chi connectivity index (χ0n) is 19.9. The van der Waals surface area contributed by atoms with Crippen LogP contribution in [0.25, 0.3) is 21.9 Å². The Morgan fingerprint density at radius 1 is 1.06 bits per heavy atom. The second-order valence-corrected chi connectivity index (χ2v) is 9.77. The van der Waals surface area contributed by atoms with Gasteiger partial charge in [0.15, 0.2) is 0 Å². The van der Waals surface area contributed by atoms with Crippen LogP contribution in [0.4, 0.5) is 0 Å². The Bertz CT molecular complexity index is 1530. The average molecular weight is 508 g/mol. The highest BCUT2D eigenvalue weighted by atomic mass is 35.5. The van der Waals surface area contributed by atoms with E-state index < -0.39 is 23.5 Å². The first-order valence-electron chi connectivity index (χ1n) is 12.1. The number of aryl methyl sites for hydroxylation is 3. The average Bonchev–Trinajstić information content (AvgIpc) is 3.21. The van der Waals surface area contributed by atoms with E-state index >= 15 is 0 Å². The Balaban J connectivity index is 1.35. The molecule has 1 aliphatic carbocycles. The molecule has 0 aliphatic heterocycles. The zero-order valence-corrected chi connectivity index (χ0v) is 20.6. The number of aliphatic carboxylic acids is 1. The summed E-state index contributed by atoms with van der Waals surface area (Å²) in [4.78, 5) is 37.1. The van der Waals surface area contributed by atoms with Crippen molar-refractivity contribution in [3.8, 4) is 0 Å². The monoisotopic (exact) mass is 507 g/mol. The van der Waals surface area contributed by atoms with Crippen molar-refractivity contribution in [1.82, 2.24) is 5.32 Å². The molecule has 186 valence electrons. The van der Waals surface area contributed by atoms with E-state index in [2.05, 4.69) is 5.32 Å². The Labute approximate surface area is 212 Å². The van der Waals surface area contributed by atoms with E-state index in [1.165, 1.54) is 5.56 Å². The Morgan fingerprint density at radius 3 is 2.53 bits per heavy atom. The van der Waals surface area contributed by atoms with Crippen LogP contribution < -0.4 is 10.9 Å². The van der Waals surface area contributed by atoms with Gasteiger partial charge in [-0.2, -0.15) is 0 Å². The summed E-state index contributed by atoms with van der Waals surface area (Å²) in [5.74, 6) is -0.572. The number of furan rings is 1. The molecule has 1 atom stereocenters. The highest BCUT2D eigenvalue weighted by Gasteiger charge is 2.23. The van der Waals surface area contributed by atoms with Gasteiger partial charge in [-0.15, -0.1) is 0 Å². The maximum Gasteiger partial charge on any atom is 0.339 e. The number of carboxylic acid groups (broad SMARTS) is 1. The summed E-state index contributed by atoms with van der Waals surface area (Å²) in [6.45, 7) is 1.85. The fraction of sp³-hybridized carbons (Fsp3) is 0.321. The fourth-order valence-corrected chi connectivity index (χ4v) is 5.12. The Kier molecular flexibility index (Phi) is 6.58. The minimum Gasteiger partial charge on any atom is -0.480 e. The van der Waals surface area contributed by atoms with Crippen LogP contribution in [-0.2, 0) is 35.3 Å². The van der Waals surface area contributed by atoms with E-state index in [1.807, 2.05) is 13.0 Å². The van der Waals surface area contributed by atoms with Gasteiger partial charge in [-0.1, -0.05) is 23.7 Å². The summed E-state index contributed by atoms with van der Waals surface area (Å²) >= 11 is 5.89. The molecule has 0 radical (unpaired) electrons. The summed E-state index contributed by atoms with van der Waals surface area (Å²) in [6.07, 6.45) is 4.35. The number of carbonyl (C=O) groups is 2. The third-order valence-electron chi connectivity index (χ3n) is 6.95. The summed E-state index contributed by atoms with van der Waals surface area (Å²) in [6, 6.07) is 9.51. The minimum absolute atomic E-state index is 0.0368. The van der Waals surface area contributed by atoms with Gasteiger partial charge >= 0.3 is 11.6 Å². The molecule has 0 bridgehead atoms. The third-order valence-corrected chi connectivity index (χ3v) is 7.20. The van der Waals surface area contributed by atoms with Crippen LogP contribution >= 0.6 is 11.6 Å². The van der Waals surface area contributed by atoms with E-state index in [1.54, 1.807) is 30.3 Å². The first kappa shape index (κ1) is 24.1. The molecule has 0 spiro atoms.